The number of thiophene rings is 1. The van der Waals surface area contributed by atoms with Gasteiger partial charge < -0.3 is 0 Å². The largest absolute Gasteiger partial charge is 0.329 e. The molecule has 0 aliphatic carbocycles. The van der Waals surface area contributed by atoms with E-state index in [-0.39, 0.29) is 11.7 Å². The minimum Gasteiger partial charge on any atom is -0.289 e. The van der Waals surface area contributed by atoms with Crippen LogP contribution in [0.5, 0.6) is 0 Å². The van der Waals surface area contributed by atoms with Crippen LogP contribution < -0.4 is 5.69 Å². The highest BCUT2D eigenvalue weighted by atomic mass is 32.1. The van der Waals surface area contributed by atoms with Crippen LogP contribution in [0.15, 0.2) is 58.1 Å². The van der Waals surface area contributed by atoms with Gasteiger partial charge in [0.2, 0.25) is 0 Å². The van der Waals surface area contributed by atoms with E-state index in [1.54, 1.807) is 22.1 Å². The lowest BCUT2D eigenvalue weighted by Gasteiger charge is -2.13. The number of aromatic amines is 1. The normalized spacial score (nSPS) is 12.6. The van der Waals surface area contributed by atoms with Gasteiger partial charge in [0.05, 0.1) is 17.9 Å². The Hall–Kier alpha value is -2.73. The van der Waals surface area contributed by atoms with Gasteiger partial charge in [-0.3, -0.25) is 9.55 Å². The smallest absolute Gasteiger partial charge is 0.289 e. The number of nitrogens with zero attached hydrogens (tertiary/aromatic N) is 3. The molecule has 0 spiro atoms. The zero-order valence-corrected chi connectivity index (χ0v) is 13.2. The molecular weight excluding hydrogens is 308 g/mol. The zero-order chi connectivity index (χ0) is 15.8. The minimum absolute atomic E-state index is 0.121. The van der Waals surface area contributed by atoms with E-state index in [4.69, 9.17) is 0 Å². The van der Waals surface area contributed by atoms with Crippen LogP contribution >= 0.6 is 11.3 Å². The molecule has 1 atom stereocenters. The van der Waals surface area contributed by atoms with Gasteiger partial charge in [-0.05, 0) is 23.9 Å². The fourth-order valence-electron chi connectivity index (χ4n) is 2.68. The molecule has 1 N–H and O–H groups in total. The highest BCUT2D eigenvalue weighted by Gasteiger charge is 2.17. The van der Waals surface area contributed by atoms with Crippen LogP contribution in [0.25, 0.3) is 22.6 Å². The SMILES string of the molecule is C[C@@H](c1ccccc1)n1c(=O)[nH]c2ncc(-c3ccsc3)nc21. The molecule has 0 saturated heterocycles. The number of hydrogen-bond acceptors (Lipinski definition) is 4. The van der Waals surface area contributed by atoms with Crippen molar-refractivity contribution in [1.29, 1.82) is 0 Å². The van der Waals surface area contributed by atoms with E-state index >= 15 is 0 Å². The lowest BCUT2D eigenvalue weighted by molar-refractivity contribution is 0.631. The summed E-state index contributed by atoms with van der Waals surface area (Å²) in [6.45, 7) is 1.99. The molecule has 4 aromatic rings. The molecule has 0 amide bonds. The monoisotopic (exact) mass is 322 g/mol. The first-order valence-corrected chi connectivity index (χ1v) is 8.23. The number of rotatable bonds is 3. The van der Waals surface area contributed by atoms with E-state index < -0.39 is 0 Å². The second-order valence-electron chi connectivity index (χ2n) is 5.33. The summed E-state index contributed by atoms with van der Waals surface area (Å²) >= 11 is 1.61. The van der Waals surface area contributed by atoms with Gasteiger partial charge >= 0.3 is 5.69 Å². The Morgan fingerprint density at radius 1 is 1.22 bits per heavy atom. The number of benzene rings is 1. The molecule has 0 aliphatic rings. The van der Waals surface area contributed by atoms with Crippen LogP contribution in [0.1, 0.15) is 18.5 Å². The van der Waals surface area contributed by atoms with Gasteiger partial charge in [-0.15, -0.1) is 0 Å². The first-order valence-electron chi connectivity index (χ1n) is 7.29. The van der Waals surface area contributed by atoms with Gasteiger partial charge in [0.1, 0.15) is 0 Å². The summed E-state index contributed by atoms with van der Waals surface area (Å²) in [5, 5.41) is 4.02. The Labute approximate surface area is 136 Å². The summed E-state index contributed by atoms with van der Waals surface area (Å²) in [5.41, 5.74) is 3.73. The molecule has 4 rings (SSSR count). The third-order valence-corrected chi connectivity index (χ3v) is 4.60. The zero-order valence-electron chi connectivity index (χ0n) is 12.4. The molecule has 0 unspecified atom stereocenters. The topological polar surface area (TPSA) is 63.6 Å². The quantitative estimate of drug-likeness (QED) is 0.628. The van der Waals surface area contributed by atoms with Gasteiger partial charge in [-0.25, -0.2) is 14.8 Å². The summed E-state index contributed by atoms with van der Waals surface area (Å²) in [7, 11) is 0. The number of imidazole rings is 1. The molecule has 0 fully saturated rings. The first-order chi connectivity index (χ1) is 11.2. The van der Waals surface area contributed by atoms with Crippen LogP contribution in [0.2, 0.25) is 0 Å². The maximum absolute atomic E-state index is 12.4. The van der Waals surface area contributed by atoms with Gasteiger partial charge in [0.15, 0.2) is 11.3 Å². The van der Waals surface area contributed by atoms with Crippen molar-refractivity contribution in [2.24, 2.45) is 0 Å². The van der Waals surface area contributed by atoms with Crippen molar-refractivity contribution < 1.29 is 0 Å². The molecule has 23 heavy (non-hydrogen) atoms. The van der Waals surface area contributed by atoms with E-state index in [9.17, 15) is 4.79 Å². The van der Waals surface area contributed by atoms with Gasteiger partial charge in [0.25, 0.3) is 0 Å². The van der Waals surface area contributed by atoms with E-state index in [0.29, 0.717) is 11.3 Å². The summed E-state index contributed by atoms with van der Waals surface area (Å²) < 4.78 is 1.66. The Kier molecular flexibility index (Phi) is 3.31. The van der Waals surface area contributed by atoms with Gasteiger partial charge in [-0.1, -0.05) is 30.3 Å². The molecule has 0 aliphatic heterocycles. The minimum atomic E-state index is -0.196. The van der Waals surface area contributed by atoms with Crippen molar-refractivity contribution >= 4 is 22.6 Å². The van der Waals surface area contributed by atoms with Crippen LogP contribution in [0, 0.1) is 0 Å². The predicted molar refractivity (Wildman–Crippen MR) is 91.7 cm³/mol. The highest BCUT2D eigenvalue weighted by Crippen LogP contribution is 2.23. The highest BCUT2D eigenvalue weighted by molar-refractivity contribution is 7.08. The predicted octanol–water partition coefficient (Wildman–Crippen LogP) is 3.46. The maximum atomic E-state index is 12.4. The molecular formula is C17H14N4OS. The van der Waals surface area contributed by atoms with Crippen LogP contribution in [-0.2, 0) is 0 Å². The van der Waals surface area contributed by atoms with Crippen LogP contribution in [0.4, 0.5) is 0 Å². The van der Waals surface area contributed by atoms with E-state index in [2.05, 4.69) is 15.0 Å². The van der Waals surface area contributed by atoms with Crippen molar-refractivity contribution in [3.05, 3.63) is 69.4 Å². The Bertz CT molecular complexity index is 1000. The molecule has 0 bridgehead atoms. The van der Waals surface area contributed by atoms with Crippen molar-refractivity contribution in [1.82, 2.24) is 19.5 Å². The second-order valence-corrected chi connectivity index (χ2v) is 6.11. The number of H-pyrrole nitrogens is 1. The molecule has 3 heterocycles. The fraction of sp³-hybridized carbons (Fsp3) is 0.118. The Morgan fingerprint density at radius 2 is 2.04 bits per heavy atom. The lowest BCUT2D eigenvalue weighted by atomic mass is 10.1. The van der Waals surface area contributed by atoms with E-state index in [1.807, 2.05) is 54.1 Å². The molecule has 1 aromatic carbocycles. The third kappa shape index (κ3) is 2.37. The number of fused-ring (bicyclic) bond motifs is 1. The second kappa shape index (κ2) is 5.48. The Morgan fingerprint density at radius 3 is 2.78 bits per heavy atom. The Balaban J connectivity index is 1.90. The van der Waals surface area contributed by atoms with Crippen LogP contribution in [0.3, 0.4) is 0 Å². The molecule has 3 aromatic heterocycles. The summed E-state index contributed by atoms with van der Waals surface area (Å²) in [6, 6.07) is 11.8. The average Bonchev–Trinajstić information content (AvgIpc) is 3.21. The molecule has 0 radical (unpaired) electrons. The van der Waals surface area contributed by atoms with Crippen molar-refractivity contribution in [2.45, 2.75) is 13.0 Å². The summed E-state index contributed by atoms with van der Waals surface area (Å²) in [6.07, 6.45) is 1.69. The van der Waals surface area contributed by atoms with Gasteiger partial charge in [0, 0.05) is 10.9 Å². The maximum Gasteiger partial charge on any atom is 0.329 e. The van der Waals surface area contributed by atoms with Crippen molar-refractivity contribution in [2.75, 3.05) is 0 Å². The van der Waals surface area contributed by atoms with Crippen LogP contribution in [-0.4, -0.2) is 19.5 Å². The fourth-order valence-corrected chi connectivity index (χ4v) is 3.33. The van der Waals surface area contributed by atoms with E-state index in [0.717, 1.165) is 16.8 Å². The summed E-state index contributed by atoms with van der Waals surface area (Å²) in [4.78, 5) is 24.2. The standard InChI is InChI=1S/C17H14N4OS/c1-11(12-5-3-2-4-6-12)21-16-15(20-17(21)22)18-9-14(19-16)13-7-8-23-10-13/h2-11H,1H3,(H,18,20,22)/t11-/m0/s1. The third-order valence-electron chi connectivity index (χ3n) is 3.91. The number of hydrogen-bond donors (Lipinski definition) is 1. The molecule has 114 valence electrons. The number of nitrogens with one attached hydrogen (secondary N) is 1. The molecule has 6 heteroatoms. The van der Waals surface area contributed by atoms with E-state index in [1.165, 1.54) is 0 Å². The lowest BCUT2D eigenvalue weighted by Crippen LogP contribution is -2.21. The average molecular weight is 322 g/mol. The summed E-state index contributed by atoms with van der Waals surface area (Å²) in [5.74, 6) is 0. The van der Waals surface area contributed by atoms with Crippen molar-refractivity contribution in [3.63, 3.8) is 0 Å². The molecule has 5 nitrogen and oxygen atoms in total. The molecule has 0 saturated carbocycles. The first kappa shape index (κ1) is 13.9. The number of aromatic nitrogens is 4. The van der Waals surface area contributed by atoms with Crippen molar-refractivity contribution in [3.8, 4) is 11.3 Å². The van der Waals surface area contributed by atoms with Gasteiger partial charge in [-0.2, -0.15) is 11.3 Å².